The molecule has 0 spiro atoms. The van der Waals surface area contributed by atoms with Gasteiger partial charge in [-0.2, -0.15) is 0 Å². The number of hydrogen-bond donors (Lipinski definition) is 0. The highest BCUT2D eigenvalue weighted by Crippen LogP contribution is 2.30. The minimum atomic E-state index is -0.775. The van der Waals surface area contributed by atoms with Crippen LogP contribution < -0.4 is 4.74 Å². The molecule has 0 N–H and O–H groups in total. The molecule has 0 saturated heterocycles. The quantitative estimate of drug-likeness (QED) is 0.343. The molecular formula is C25H26ClNO5. The van der Waals surface area contributed by atoms with Crippen LogP contribution in [0.2, 0.25) is 5.02 Å². The first-order chi connectivity index (χ1) is 15.3. The maximum Gasteiger partial charge on any atom is 0.346 e. The Kier molecular flexibility index (Phi) is 7.26. The monoisotopic (exact) mass is 455 g/mol. The Morgan fingerprint density at radius 3 is 2.62 bits per heavy atom. The van der Waals surface area contributed by atoms with Crippen LogP contribution in [0.1, 0.15) is 34.1 Å². The van der Waals surface area contributed by atoms with Gasteiger partial charge in [0.1, 0.15) is 12.4 Å². The zero-order valence-electron chi connectivity index (χ0n) is 18.6. The van der Waals surface area contributed by atoms with Gasteiger partial charge in [-0.05, 0) is 62.2 Å². The van der Waals surface area contributed by atoms with E-state index in [9.17, 15) is 9.59 Å². The summed E-state index contributed by atoms with van der Waals surface area (Å²) in [5, 5.41) is 1.40. The number of esters is 2. The molecule has 7 heteroatoms. The van der Waals surface area contributed by atoms with E-state index < -0.39 is 12.1 Å². The number of carbonyl (C=O) groups is 2. The Hall–Kier alpha value is -3.25. The van der Waals surface area contributed by atoms with Crippen molar-refractivity contribution in [3.63, 3.8) is 0 Å². The first-order valence-electron chi connectivity index (χ1n) is 10.2. The molecule has 1 atom stereocenters. The predicted molar refractivity (Wildman–Crippen MR) is 125 cm³/mol. The topological polar surface area (TPSA) is 66.8 Å². The van der Waals surface area contributed by atoms with Crippen LogP contribution in [0.5, 0.6) is 5.75 Å². The number of halogens is 1. The summed E-state index contributed by atoms with van der Waals surface area (Å²) in [5.74, 6) is -0.437. The second-order valence-corrected chi connectivity index (χ2v) is 7.87. The SMILES string of the molecule is C=CCOC(=O)c1ccc2c(c1)c(C)c(C)n2Cc1ccc(Cl)c(O[C@H](C)C(=O)OC)c1. The molecule has 168 valence electrons. The maximum absolute atomic E-state index is 12.2. The summed E-state index contributed by atoms with van der Waals surface area (Å²) in [5.41, 5.74) is 4.62. The van der Waals surface area contributed by atoms with E-state index in [0.717, 1.165) is 27.7 Å². The lowest BCUT2D eigenvalue weighted by molar-refractivity contribution is -0.147. The van der Waals surface area contributed by atoms with Gasteiger partial charge in [-0.3, -0.25) is 0 Å². The smallest absolute Gasteiger partial charge is 0.346 e. The summed E-state index contributed by atoms with van der Waals surface area (Å²) in [4.78, 5) is 23.9. The number of aromatic nitrogens is 1. The van der Waals surface area contributed by atoms with E-state index in [-0.39, 0.29) is 12.6 Å². The number of benzene rings is 2. The van der Waals surface area contributed by atoms with E-state index in [1.165, 1.54) is 7.11 Å². The zero-order valence-corrected chi connectivity index (χ0v) is 19.4. The van der Waals surface area contributed by atoms with Crippen molar-refractivity contribution >= 4 is 34.4 Å². The maximum atomic E-state index is 12.2. The van der Waals surface area contributed by atoms with E-state index in [4.69, 9.17) is 25.8 Å². The van der Waals surface area contributed by atoms with E-state index >= 15 is 0 Å². The first-order valence-corrected chi connectivity index (χ1v) is 10.5. The third-order valence-electron chi connectivity index (χ3n) is 5.38. The van der Waals surface area contributed by atoms with Gasteiger partial charge >= 0.3 is 11.9 Å². The fourth-order valence-electron chi connectivity index (χ4n) is 3.52. The van der Waals surface area contributed by atoms with Crippen molar-refractivity contribution in [2.75, 3.05) is 13.7 Å². The molecule has 3 rings (SSSR count). The molecule has 2 aromatic carbocycles. The molecule has 0 radical (unpaired) electrons. The summed E-state index contributed by atoms with van der Waals surface area (Å²) < 4.78 is 17.7. The molecule has 0 bridgehead atoms. The molecule has 3 aromatic rings. The van der Waals surface area contributed by atoms with Crippen LogP contribution in [-0.2, 0) is 20.8 Å². The van der Waals surface area contributed by atoms with Crippen LogP contribution in [0.4, 0.5) is 0 Å². The normalized spacial score (nSPS) is 11.8. The number of fused-ring (bicyclic) bond motifs is 1. The van der Waals surface area contributed by atoms with Gasteiger partial charge in [0.15, 0.2) is 6.10 Å². The third kappa shape index (κ3) is 4.81. The van der Waals surface area contributed by atoms with Crippen LogP contribution in [0, 0.1) is 13.8 Å². The molecule has 1 aromatic heterocycles. The molecular weight excluding hydrogens is 430 g/mol. The Morgan fingerprint density at radius 2 is 1.94 bits per heavy atom. The lowest BCUT2D eigenvalue weighted by Gasteiger charge is -2.15. The highest BCUT2D eigenvalue weighted by atomic mass is 35.5. The van der Waals surface area contributed by atoms with Gasteiger partial charge in [0.2, 0.25) is 0 Å². The van der Waals surface area contributed by atoms with Crippen LogP contribution in [0.3, 0.4) is 0 Å². The van der Waals surface area contributed by atoms with Crippen molar-refractivity contribution in [1.82, 2.24) is 4.57 Å². The predicted octanol–water partition coefficient (Wildman–Crippen LogP) is 5.24. The number of hydrogen-bond acceptors (Lipinski definition) is 5. The molecule has 1 heterocycles. The van der Waals surface area contributed by atoms with Crippen molar-refractivity contribution < 1.29 is 23.8 Å². The highest BCUT2D eigenvalue weighted by Gasteiger charge is 2.18. The van der Waals surface area contributed by atoms with Gasteiger partial charge in [-0.25, -0.2) is 9.59 Å². The van der Waals surface area contributed by atoms with Gasteiger partial charge in [0, 0.05) is 23.1 Å². The number of nitrogens with zero attached hydrogens (tertiary/aromatic N) is 1. The van der Waals surface area contributed by atoms with Gasteiger partial charge in [-0.1, -0.05) is 30.3 Å². The summed E-state index contributed by atoms with van der Waals surface area (Å²) in [6.07, 6.45) is 0.765. The number of aryl methyl sites for hydroxylation is 1. The number of carbonyl (C=O) groups excluding carboxylic acids is 2. The van der Waals surface area contributed by atoms with Crippen LogP contribution >= 0.6 is 11.6 Å². The Morgan fingerprint density at radius 1 is 1.19 bits per heavy atom. The van der Waals surface area contributed by atoms with E-state index in [1.807, 2.05) is 38.1 Å². The zero-order chi connectivity index (χ0) is 23.4. The van der Waals surface area contributed by atoms with Crippen LogP contribution in [0.25, 0.3) is 10.9 Å². The molecule has 0 aliphatic heterocycles. The second kappa shape index (κ2) is 9.92. The number of ether oxygens (including phenoxy) is 3. The minimum Gasteiger partial charge on any atom is -0.477 e. The largest absolute Gasteiger partial charge is 0.477 e. The summed E-state index contributed by atoms with van der Waals surface area (Å²) in [7, 11) is 1.31. The Bertz CT molecular complexity index is 1180. The van der Waals surface area contributed by atoms with E-state index in [2.05, 4.69) is 11.1 Å². The van der Waals surface area contributed by atoms with Crippen molar-refractivity contribution in [3.8, 4) is 5.75 Å². The average Bonchev–Trinajstić information content (AvgIpc) is 3.03. The van der Waals surface area contributed by atoms with Crippen molar-refractivity contribution in [2.45, 2.75) is 33.4 Å². The van der Waals surface area contributed by atoms with Crippen molar-refractivity contribution in [1.29, 1.82) is 0 Å². The molecule has 0 aliphatic rings. The minimum absolute atomic E-state index is 0.172. The molecule has 0 fully saturated rings. The molecule has 6 nitrogen and oxygen atoms in total. The van der Waals surface area contributed by atoms with Gasteiger partial charge in [-0.15, -0.1) is 0 Å². The average molecular weight is 456 g/mol. The highest BCUT2D eigenvalue weighted by molar-refractivity contribution is 6.32. The fourth-order valence-corrected chi connectivity index (χ4v) is 3.68. The summed E-state index contributed by atoms with van der Waals surface area (Å²) >= 11 is 6.27. The molecule has 0 saturated carbocycles. The molecule has 0 unspecified atom stereocenters. The van der Waals surface area contributed by atoms with E-state index in [1.54, 1.807) is 25.1 Å². The number of rotatable bonds is 8. The first kappa shape index (κ1) is 23.4. The molecule has 0 aliphatic carbocycles. The Balaban J connectivity index is 1.93. The third-order valence-corrected chi connectivity index (χ3v) is 5.69. The lowest BCUT2D eigenvalue weighted by atomic mass is 10.1. The number of methoxy groups -OCH3 is 1. The van der Waals surface area contributed by atoms with Gasteiger partial charge in [0.05, 0.1) is 17.7 Å². The van der Waals surface area contributed by atoms with E-state index in [0.29, 0.717) is 22.9 Å². The van der Waals surface area contributed by atoms with Gasteiger partial charge in [0.25, 0.3) is 0 Å². The molecule has 32 heavy (non-hydrogen) atoms. The second-order valence-electron chi connectivity index (χ2n) is 7.46. The summed E-state index contributed by atoms with van der Waals surface area (Å²) in [6.45, 7) is 9.98. The van der Waals surface area contributed by atoms with Crippen LogP contribution in [0.15, 0.2) is 49.1 Å². The van der Waals surface area contributed by atoms with Crippen molar-refractivity contribution in [2.24, 2.45) is 0 Å². The van der Waals surface area contributed by atoms with Gasteiger partial charge < -0.3 is 18.8 Å². The summed E-state index contributed by atoms with van der Waals surface area (Å²) in [6, 6.07) is 11.0. The lowest BCUT2D eigenvalue weighted by Crippen LogP contribution is -2.25. The Labute approximate surface area is 192 Å². The standard InChI is InChI=1S/C25H26ClNO5/c1-6-11-31-25(29)19-8-10-22-20(13-19)15(2)16(3)27(22)14-18-7-9-21(26)23(12-18)32-17(4)24(28)30-5/h6-10,12-13,17H,1,11,14H2,2-5H3/t17-/m1/s1. The fraction of sp³-hybridized carbons (Fsp3) is 0.280. The molecule has 0 amide bonds. The van der Waals surface area contributed by atoms with Crippen molar-refractivity contribution in [3.05, 3.63) is 76.5 Å². The van der Waals surface area contributed by atoms with Crippen LogP contribution in [-0.4, -0.2) is 36.3 Å².